The molecule has 12 heteroatoms. The number of aromatic nitrogens is 1. The summed E-state index contributed by atoms with van der Waals surface area (Å²) >= 11 is 0. The molecule has 210 valence electrons. The second kappa shape index (κ2) is 12.0. The monoisotopic (exact) mass is 557 g/mol. The van der Waals surface area contributed by atoms with Gasteiger partial charge in [-0.1, -0.05) is 56.3 Å². The second-order valence-electron chi connectivity index (χ2n) is 9.19. The Hall–Kier alpha value is -4.74. The molecule has 0 radical (unpaired) electrons. The van der Waals surface area contributed by atoms with Gasteiger partial charge >= 0.3 is 12.1 Å². The maximum Gasteiger partial charge on any atom is 0.452 e. The number of pyridine rings is 1. The van der Waals surface area contributed by atoms with Crippen molar-refractivity contribution in [2.75, 3.05) is 4.90 Å². The number of carboxylic acid groups (broad SMARTS) is 1. The van der Waals surface area contributed by atoms with Gasteiger partial charge in [0.15, 0.2) is 0 Å². The maximum atomic E-state index is 13.8. The first kappa shape index (κ1) is 29.8. The lowest BCUT2D eigenvalue weighted by atomic mass is 9.99. The number of carboxylic acids is 1. The van der Waals surface area contributed by atoms with Gasteiger partial charge in [0.2, 0.25) is 11.8 Å². The summed E-state index contributed by atoms with van der Waals surface area (Å²) in [5.74, 6) is -6.14. The number of anilines is 2. The maximum absolute atomic E-state index is 13.8. The number of hydrogen-bond donors (Lipinski definition) is 2. The summed E-state index contributed by atoms with van der Waals surface area (Å²) in [6, 6.07) is 14.7. The van der Waals surface area contributed by atoms with E-state index in [4.69, 9.17) is 0 Å². The summed E-state index contributed by atoms with van der Waals surface area (Å²) in [5, 5.41) is 11.7. The number of carbonyl (C=O) groups excluding carboxylic acids is 3. The van der Waals surface area contributed by atoms with Gasteiger partial charge in [0, 0.05) is 6.92 Å². The highest BCUT2D eigenvalue weighted by Crippen LogP contribution is 2.29. The third kappa shape index (κ3) is 6.45. The Kier molecular flexibility index (Phi) is 8.92. The molecule has 1 atom stereocenters. The first-order chi connectivity index (χ1) is 18.7. The molecule has 0 saturated heterocycles. The number of nitrogens with zero attached hydrogens (tertiary/aromatic N) is 2. The van der Waals surface area contributed by atoms with Crippen LogP contribution in [-0.2, 0) is 20.9 Å². The molecule has 1 aromatic heterocycles. The second-order valence-corrected chi connectivity index (χ2v) is 9.19. The molecule has 1 unspecified atom stereocenters. The van der Waals surface area contributed by atoms with Gasteiger partial charge in [0.25, 0.3) is 11.3 Å². The van der Waals surface area contributed by atoms with Gasteiger partial charge in [-0.05, 0) is 35.7 Å². The van der Waals surface area contributed by atoms with E-state index in [0.717, 1.165) is 16.4 Å². The van der Waals surface area contributed by atoms with Crippen molar-refractivity contribution in [1.29, 1.82) is 0 Å². The molecule has 3 rings (SSSR count). The number of benzene rings is 2. The number of amides is 2. The highest BCUT2D eigenvalue weighted by molar-refractivity contribution is 6.05. The third-order valence-electron chi connectivity index (χ3n) is 6.00. The first-order valence-corrected chi connectivity index (χ1v) is 12.1. The van der Waals surface area contributed by atoms with E-state index < -0.39 is 53.8 Å². The van der Waals surface area contributed by atoms with Crippen LogP contribution in [0.15, 0.2) is 71.5 Å². The van der Waals surface area contributed by atoms with Crippen LogP contribution in [0.25, 0.3) is 11.3 Å². The Morgan fingerprint density at radius 1 is 0.925 bits per heavy atom. The fourth-order valence-corrected chi connectivity index (χ4v) is 4.15. The minimum Gasteiger partial charge on any atom is -0.478 e. The zero-order chi connectivity index (χ0) is 29.8. The normalized spacial score (nSPS) is 12.1. The minimum absolute atomic E-state index is 0.0984. The Balaban J connectivity index is 2.16. The largest absolute Gasteiger partial charge is 0.478 e. The highest BCUT2D eigenvalue weighted by Gasteiger charge is 2.45. The molecule has 2 amide bonds. The third-order valence-corrected chi connectivity index (χ3v) is 6.00. The van der Waals surface area contributed by atoms with Crippen LogP contribution in [-0.4, -0.2) is 45.5 Å². The van der Waals surface area contributed by atoms with E-state index in [1.807, 2.05) is 0 Å². The highest BCUT2D eigenvalue weighted by atomic mass is 19.4. The molecule has 0 bridgehead atoms. The molecule has 0 fully saturated rings. The molecular weight excluding hydrogens is 531 g/mol. The van der Waals surface area contributed by atoms with E-state index in [0.29, 0.717) is 5.56 Å². The number of rotatable bonds is 9. The number of para-hydroxylation sites is 1. The average molecular weight is 558 g/mol. The van der Waals surface area contributed by atoms with Gasteiger partial charge in [0.05, 0.1) is 23.0 Å². The number of ketones is 1. The number of halogens is 3. The summed E-state index contributed by atoms with van der Waals surface area (Å²) in [6.45, 7) is 3.00. The number of hydrogen-bond acceptors (Lipinski definition) is 5. The van der Waals surface area contributed by atoms with Gasteiger partial charge in [-0.3, -0.25) is 28.6 Å². The first-order valence-electron chi connectivity index (χ1n) is 12.1. The van der Waals surface area contributed by atoms with Crippen LogP contribution in [0.4, 0.5) is 24.5 Å². The van der Waals surface area contributed by atoms with E-state index in [1.54, 1.807) is 30.3 Å². The predicted octanol–water partition coefficient (Wildman–Crippen LogP) is 4.17. The predicted molar refractivity (Wildman–Crippen MR) is 140 cm³/mol. The summed E-state index contributed by atoms with van der Waals surface area (Å²) in [4.78, 5) is 64.1. The lowest BCUT2D eigenvalue weighted by Gasteiger charge is -2.25. The number of aromatic carboxylic acids is 1. The van der Waals surface area contributed by atoms with Crippen molar-refractivity contribution in [3.05, 3.63) is 82.6 Å². The molecule has 40 heavy (non-hydrogen) atoms. The summed E-state index contributed by atoms with van der Waals surface area (Å²) < 4.78 is 40.3. The van der Waals surface area contributed by atoms with Gasteiger partial charge in [-0.2, -0.15) is 13.2 Å². The summed E-state index contributed by atoms with van der Waals surface area (Å²) in [7, 11) is 0. The molecule has 0 spiro atoms. The zero-order valence-corrected chi connectivity index (χ0v) is 21.7. The fraction of sp³-hybridized carbons (Fsp3) is 0.250. The summed E-state index contributed by atoms with van der Waals surface area (Å²) in [5.41, 5.74) is -0.873. The Bertz CT molecular complexity index is 1500. The lowest BCUT2D eigenvalue weighted by molar-refractivity contribution is -0.174. The Labute approximate surface area is 226 Å². The van der Waals surface area contributed by atoms with E-state index in [1.165, 1.54) is 50.2 Å². The van der Waals surface area contributed by atoms with Gasteiger partial charge in [-0.15, -0.1) is 0 Å². The molecule has 0 aliphatic rings. The molecule has 2 N–H and O–H groups in total. The molecule has 1 heterocycles. The Morgan fingerprint density at radius 2 is 1.52 bits per heavy atom. The topological polar surface area (TPSA) is 126 Å². The van der Waals surface area contributed by atoms with E-state index in [-0.39, 0.29) is 22.6 Å². The van der Waals surface area contributed by atoms with Gasteiger partial charge in [0.1, 0.15) is 12.2 Å². The van der Waals surface area contributed by atoms with E-state index in [2.05, 4.69) is 5.32 Å². The van der Waals surface area contributed by atoms with Crippen molar-refractivity contribution >= 4 is 34.9 Å². The standard InChI is InChI=1S/C28H26F3N3O6/c1-16(2)24(25(37)28(29,30)31)32-23(36)15-33-20(18-9-5-4-6-10-18)13-14-22(26(33)38)34(17(3)35)21-12-8-7-11-19(21)27(39)40/h4-14,16,24H,15H2,1-3H3,(H,32,36)(H,39,40). The number of Topliss-reactive ketones (excluding diaryl/α,β-unsaturated/α-hetero) is 1. The van der Waals surface area contributed by atoms with Crippen LogP contribution in [0.1, 0.15) is 31.1 Å². The Morgan fingerprint density at radius 3 is 2.08 bits per heavy atom. The van der Waals surface area contributed by atoms with E-state index in [9.17, 15) is 42.3 Å². The van der Waals surface area contributed by atoms with Crippen LogP contribution < -0.4 is 15.8 Å². The number of alkyl halides is 3. The van der Waals surface area contributed by atoms with Crippen molar-refractivity contribution in [3.63, 3.8) is 0 Å². The van der Waals surface area contributed by atoms with Crippen LogP contribution in [0.3, 0.4) is 0 Å². The molecule has 0 aliphatic heterocycles. The van der Waals surface area contributed by atoms with Crippen molar-refractivity contribution in [2.45, 2.75) is 39.5 Å². The van der Waals surface area contributed by atoms with Crippen LogP contribution in [0.5, 0.6) is 0 Å². The van der Waals surface area contributed by atoms with Crippen molar-refractivity contribution < 1.29 is 37.5 Å². The molecule has 2 aromatic carbocycles. The molecule has 0 saturated carbocycles. The smallest absolute Gasteiger partial charge is 0.452 e. The SMILES string of the molecule is CC(=O)N(c1ccccc1C(=O)O)c1ccc(-c2ccccc2)n(CC(=O)NC(C(=O)C(F)(F)F)C(C)C)c1=O. The fourth-order valence-electron chi connectivity index (χ4n) is 4.15. The lowest BCUT2D eigenvalue weighted by Crippen LogP contribution is -2.51. The minimum atomic E-state index is -5.19. The zero-order valence-electron chi connectivity index (χ0n) is 21.7. The molecule has 0 aliphatic carbocycles. The van der Waals surface area contributed by atoms with Crippen molar-refractivity contribution in [3.8, 4) is 11.3 Å². The van der Waals surface area contributed by atoms with Crippen LogP contribution >= 0.6 is 0 Å². The van der Waals surface area contributed by atoms with Crippen LogP contribution in [0, 0.1) is 5.92 Å². The quantitative estimate of drug-likeness (QED) is 0.407. The van der Waals surface area contributed by atoms with E-state index >= 15 is 0 Å². The molecular formula is C28H26F3N3O6. The van der Waals surface area contributed by atoms with Gasteiger partial charge in [-0.25, -0.2) is 4.79 Å². The number of carbonyl (C=O) groups is 4. The van der Waals surface area contributed by atoms with Crippen molar-refractivity contribution in [2.24, 2.45) is 5.92 Å². The average Bonchev–Trinajstić information content (AvgIpc) is 2.89. The van der Waals surface area contributed by atoms with Gasteiger partial charge < -0.3 is 10.4 Å². The molecule has 9 nitrogen and oxygen atoms in total. The van der Waals surface area contributed by atoms with Crippen molar-refractivity contribution in [1.82, 2.24) is 9.88 Å². The summed E-state index contributed by atoms with van der Waals surface area (Å²) in [6.07, 6.45) is -5.19. The van der Waals surface area contributed by atoms with Crippen LogP contribution in [0.2, 0.25) is 0 Å². The number of nitrogens with one attached hydrogen (secondary N) is 1. The molecule has 3 aromatic rings.